The molecule has 1 fully saturated rings. The molecule has 0 spiro atoms. The lowest BCUT2D eigenvalue weighted by Gasteiger charge is -2.31. The van der Waals surface area contributed by atoms with E-state index in [-0.39, 0.29) is 68.9 Å². The first-order valence-electron chi connectivity index (χ1n) is 33.9. The second-order valence-corrected chi connectivity index (χ2v) is 26.5. The summed E-state index contributed by atoms with van der Waals surface area (Å²) in [5.74, 6) is -10.2. The zero-order chi connectivity index (χ0) is 77.2. The average molecular weight is 1480 g/mol. The number of carbonyl (C=O) groups is 11. The number of H-pyrrole nitrogens is 1. The van der Waals surface area contributed by atoms with Gasteiger partial charge in [-0.2, -0.15) is 18.2 Å². The molecular weight excluding hydrogens is 1390 g/mol. The Morgan fingerprint density at radius 1 is 0.676 bits per heavy atom. The molecule has 30 nitrogen and oxygen atoms in total. The summed E-state index contributed by atoms with van der Waals surface area (Å²) in [6.45, 7) is 9.97. The van der Waals surface area contributed by atoms with Crippen molar-refractivity contribution < 1.29 is 76.1 Å². The van der Waals surface area contributed by atoms with E-state index in [1.165, 1.54) is 43.1 Å². The van der Waals surface area contributed by atoms with Gasteiger partial charge in [0.25, 0.3) is 0 Å². The van der Waals surface area contributed by atoms with E-state index in [4.69, 9.17) is 33.0 Å². The molecule has 2 aromatic heterocycles. The first kappa shape index (κ1) is 83.1. The molecule has 0 bridgehead atoms. The number of hydrogen-bond acceptors (Lipinski definition) is 18. The largest absolute Gasteiger partial charge is 0.490 e. The van der Waals surface area contributed by atoms with Crippen molar-refractivity contribution in [3.05, 3.63) is 143 Å². The van der Waals surface area contributed by atoms with Gasteiger partial charge in [-0.05, 0) is 115 Å². The maximum absolute atomic E-state index is 15.0. The van der Waals surface area contributed by atoms with E-state index in [9.17, 15) is 66.2 Å². The molecule has 1 saturated heterocycles. The molecule has 0 radical (unpaired) electrons. The van der Waals surface area contributed by atoms with Gasteiger partial charge in [-0.25, -0.2) is 9.89 Å². The van der Waals surface area contributed by atoms with Crippen LogP contribution in [-0.2, 0) is 78.4 Å². The fraction of sp³-hybridized carbons (Fsp3) is 0.437. The molecule has 6 aromatic rings. The molecule has 1 aliphatic heterocycles. The van der Waals surface area contributed by atoms with Crippen LogP contribution < -0.4 is 59.3 Å². The number of amides is 10. The predicted octanol–water partition coefficient (Wildman–Crippen LogP) is 2.79. The number of carboxylic acids is 1. The number of likely N-dealkylation sites (tertiary alicyclic amines) is 1. The number of aromatic amines is 1. The summed E-state index contributed by atoms with van der Waals surface area (Å²) in [5.41, 5.74) is 13.9. The van der Waals surface area contributed by atoms with Crippen molar-refractivity contribution in [3.8, 4) is 0 Å². The number of likely N-dealkylation sites (N-methyl/N-ethyl adjacent to an activating group) is 1. The maximum Gasteiger partial charge on any atom is 0.490 e. The number of aliphatic carboxylic acids is 1. The SMILES string of the molecule is CC(=O)N(C)[C@H](Cc1ccc2ccccc2c1)C(=O)N[C@H](Cc1ccc(Cl)cc1)C(=O)N[C@H](Cc1cccnc1)C(=O)N[C@@H](CO)C(=O)NC(Cc1ccc(Nc2n[nH]c(N)n2)cc1)C(=O)N[C@@H](CC(C)C)C(=O)NC(CCCNC(C)C)C(=O)N1CCC[C@H]1C(=O)N[C@H](C)C(N)=O.O=C(O)C(F)(F)F. The molecule has 10 amide bonds. The number of carboxylic acid groups (broad SMARTS) is 1. The zero-order valence-electron chi connectivity index (χ0n) is 59.1. The second-order valence-electron chi connectivity index (χ2n) is 26.1. The molecule has 3 heterocycles. The molecule has 2 unspecified atom stereocenters. The van der Waals surface area contributed by atoms with E-state index in [0.717, 1.165) is 16.3 Å². The van der Waals surface area contributed by atoms with Crippen molar-refractivity contribution in [1.82, 2.24) is 72.5 Å². The number of aromatic nitrogens is 4. The van der Waals surface area contributed by atoms with Gasteiger partial charge >= 0.3 is 12.1 Å². The highest BCUT2D eigenvalue weighted by Crippen LogP contribution is 2.23. The van der Waals surface area contributed by atoms with Gasteiger partial charge in [0.1, 0.15) is 54.4 Å². The van der Waals surface area contributed by atoms with Crippen LogP contribution in [0.2, 0.25) is 5.02 Å². The Bertz CT molecular complexity index is 3970. The van der Waals surface area contributed by atoms with E-state index in [1.807, 2.05) is 70.2 Å². The van der Waals surface area contributed by atoms with Gasteiger partial charge in [-0.3, -0.25) is 52.9 Å². The van der Waals surface area contributed by atoms with Gasteiger partial charge in [0.2, 0.25) is 71.0 Å². The number of nitrogens with zero attached hydrogens (tertiary/aromatic N) is 5. The minimum atomic E-state index is -5.08. The lowest BCUT2D eigenvalue weighted by Crippen LogP contribution is -2.61. The van der Waals surface area contributed by atoms with Crippen molar-refractivity contribution in [2.75, 3.05) is 37.8 Å². The average Bonchev–Trinajstić information content (AvgIpc) is 1.57. The van der Waals surface area contributed by atoms with Gasteiger partial charge in [0.15, 0.2) is 0 Å². The molecular formula is C71H91ClF3N17O13. The highest BCUT2D eigenvalue weighted by Gasteiger charge is 2.41. The monoisotopic (exact) mass is 1480 g/mol. The van der Waals surface area contributed by atoms with Crippen LogP contribution in [0.4, 0.5) is 30.8 Å². The molecule has 1 aliphatic rings. The number of pyridine rings is 1. The van der Waals surface area contributed by atoms with Gasteiger partial charge in [-0.15, -0.1) is 5.10 Å². The van der Waals surface area contributed by atoms with Gasteiger partial charge < -0.3 is 79.3 Å². The molecule has 16 N–H and O–H groups in total. The van der Waals surface area contributed by atoms with Gasteiger partial charge in [0.05, 0.1) is 6.61 Å². The normalized spacial score (nSPS) is 15.0. The molecule has 566 valence electrons. The molecule has 7 rings (SSSR count). The number of fused-ring (bicyclic) bond motifs is 1. The quantitative estimate of drug-likeness (QED) is 0.0254. The fourth-order valence-electron chi connectivity index (χ4n) is 11.2. The summed E-state index contributed by atoms with van der Waals surface area (Å²) in [6, 6.07) is 18.2. The summed E-state index contributed by atoms with van der Waals surface area (Å²) in [5, 5.41) is 52.3. The summed E-state index contributed by atoms with van der Waals surface area (Å²) >= 11 is 6.26. The smallest absolute Gasteiger partial charge is 0.475 e. The number of nitrogens with one attached hydrogen (secondary N) is 10. The lowest BCUT2D eigenvalue weighted by molar-refractivity contribution is -0.192. The van der Waals surface area contributed by atoms with Gasteiger partial charge in [-0.1, -0.05) is 112 Å². The zero-order valence-corrected chi connectivity index (χ0v) is 59.8. The first-order valence-corrected chi connectivity index (χ1v) is 34.3. The Labute approximate surface area is 609 Å². The molecule has 0 saturated carbocycles. The number of aliphatic hydroxyl groups is 1. The number of alkyl halides is 3. The van der Waals surface area contributed by atoms with Crippen molar-refractivity contribution in [2.24, 2.45) is 11.7 Å². The van der Waals surface area contributed by atoms with Crippen LogP contribution in [0.3, 0.4) is 0 Å². The minimum Gasteiger partial charge on any atom is -0.475 e. The summed E-state index contributed by atoms with van der Waals surface area (Å²) in [6.07, 6.45) is -1.22. The Balaban J connectivity index is 0.00000234. The number of nitrogens with two attached hydrogens (primary N) is 2. The molecule has 9 atom stereocenters. The number of primary amides is 1. The fourth-order valence-corrected chi connectivity index (χ4v) is 11.4. The molecule has 4 aromatic carbocycles. The number of benzene rings is 4. The van der Waals surface area contributed by atoms with E-state index < -0.39 is 132 Å². The Morgan fingerprint density at radius 3 is 1.74 bits per heavy atom. The number of aliphatic hydroxyl groups excluding tert-OH is 1. The van der Waals surface area contributed by atoms with Crippen LogP contribution in [0.5, 0.6) is 0 Å². The maximum atomic E-state index is 15.0. The van der Waals surface area contributed by atoms with Crippen LogP contribution in [0.1, 0.15) is 95.9 Å². The second kappa shape index (κ2) is 39.7. The predicted molar refractivity (Wildman–Crippen MR) is 383 cm³/mol. The van der Waals surface area contributed by atoms with E-state index >= 15 is 0 Å². The topological polar surface area (TPSA) is 449 Å². The molecule has 34 heteroatoms. The lowest BCUT2D eigenvalue weighted by atomic mass is 9.99. The minimum absolute atomic E-state index is 0.0465. The highest BCUT2D eigenvalue weighted by atomic mass is 35.5. The number of carbonyl (C=O) groups excluding carboxylic acids is 10. The van der Waals surface area contributed by atoms with E-state index in [1.54, 1.807) is 60.7 Å². The third-order valence-electron chi connectivity index (χ3n) is 16.9. The van der Waals surface area contributed by atoms with Crippen LogP contribution in [-0.4, -0.2) is 199 Å². The van der Waals surface area contributed by atoms with Crippen molar-refractivity contribution in [3.63, 3.8) is 0 Å². The molecule has 0 aliphatic carbocycles. The summed E-state index contributed by atoms with van der Waals surface area (Å²) in [7, 11) is 1.49. The van der Waals surface area contributed by atoms with Gasteiger partial charge in [0, 0.05) is 75.3 Å². The number of rotatable bonds is 35. The third kappa shape index (κ3) is 26.4. The first-order chi connectivity index (χ1) is 49.7. The number of halogens is 4. The number of anilines is 3. The number of nitrogen functional groups attached to an aromatic ring is 1. The van der Waals surface area contributed by atoms with Crippen molar-refractivity contribution in [1.29, 1.82) is 0 Å². The Hall–Kier alpha value is -10.8. The molecule has 105 heavy (non-hydrogen) atoms. The van der Waals surface area contributed by atoms with Crippen LogP contribution in [0.15, 0.2) is 116 Å². The Morgan fingerprint density at radius 2 is 1.21 bits per heavy atom. The Kier molecular flexibility index (Phi) is 31.5. The van der Waals surface area contributed by atoms with Crippen molar-refractivity contribution in [2.45, 2.75) is 166 Å². The van der Waals surface area contributed by atoms with Crippen molar-refractivity contribution >= 4 is 105 Å². The van der Waals surface area contributed by atoms with Crippen LogP contribution >= 0.6 is 11.6 Å². The third-order valence-corrected chi connectivity index (χ3v) is 17.2. The summed E-state index contributed by atoms with van der Waals surface area (Å²) < 4.78 is 31.7. The summed E-state index contributed by atoms with van der Waals surface area (Å²) in [4.78, 5) is 162. The standard InChI is InChI=1S/C69H90ClN17O11.C2HF3O2/c1-39(2)31-52(60(91)77-51(16-11-29-74-40(3)4)67(98)87-30-12-17-57(87)65(96)75-41(5)59(71)90)78-61(92)53(34-44-21-26-50(27-22-44)76-69-83-68(72)84-85-69)80-64(95)56(38-88)82-63(94)55(35-46-13-10-28-73-37-46)79-62(93)54(33-43-19-24-49(70)25-20-43)81-66(97)58(86(7)42(6)89)36-45-18-23-47-14-8-9-15-48(47)32-45;3-2(4,5)1(6)7/h8-10,13-15,18-28,32,37,39-41,51-58,74,88H,11-12,16-17,29-31,33-36,38H2,1-7H3,(H2,71,90)(H,75,96)(H,77,91)(H,78,92)(H,79,93)(H,80,95)(H,81,97)(H,82,94)(H4,72,76,83,84,85);(H,6,7)/t41-,51?,52+,53?,54-,55-,56+,57+,58-;/m1./s1. The number of hydrogen-bond donors (Lipinski definition) is 14. The van der Waals surface area contributed by atoms with Crippen LogP contribution in [0.25, 0.3) is 10.8 Å². The van der Waals surface area contributed by atoms with E-state index in [2.05, 4.69) is 68.0 Å². The van der Waals surface area contributed by atoms with E-state index in [0.29, 0.717) is 53.2 Å². The van der Waals surface area contributed by atoms with Crippen LogP contribution in [0, 0.1) is 5.92 Å². The highest BCUT2D eigenvalue weighted by molar-refractivity contribution is 6.30.